The van der Waals surface area contributed by atoms with Gasteiger partial charge in [-0.25, -0.2) is 8.42 Å². The first kappa shape index (κ1) is 20.8. The van der Waals surface area contributed by atoms with Gasteiger partial charge in [-0.05, 0) is 30.5 Å². The zero-order chi connectivity index (χ0) is 19.7. The Morgan fingerprint density at radius 3 is 2.52 bits per heavy atom. The summed E-state index contributed by atoms with van der Waals surface area (Å²) in [5, 5.41) is 2.87. The van der Waals surface area contributed by atoms with Gasteiger partial charge in [-0.1, -0.05) is 36.4 Å². The fraction of sp³-hybridized carbons (Fsp3) is 0.350. The van der Waals surface area contributed by atoms with Crippen molar-refractivity contribution in [3.8, 4) is 5.75 Å². The van der Waals surface area contributed by atoms with Crippen LogP contribution in [0.5, 0.6) is 5.75 Å². The van der Waals surface area contributed by atoms with Crippen molar-refractivity contribution in [2.75, 3.05) is 30.8 Å². The smallest absolute Gasteiger partial charge is 0.232 e. The maximum absolute atomic E-state index is 12.1. The third kappa shape index (κ3) is 6.94. The second-order valence-corrected chi connectivity index (χ2v) is 8.13. The second-order valence-electron chi connectivity index (χ2n) is 6.23. The predicted octanol–water partition coefficient (Wildman–Crippen LogP) is 2.60. The highest BCUT2D eigenvalue weighted by Crippen LogP contribution is 2.23. The number of ether oxygens (including phenoxy) is 1. The summed E-state index contributed by atoms with van der Waals surface area (Å²) in [7, 11) is -1.92. The lowest BCUT2D eigenvalue weighted by molar-refractivity contribution is -0.121. The fourth-order valence-electron chi connectivity index (χ4n) is 2.71. The first-order chi connectivity index (χ1) is 12.9. The Morgan fingerprint density at radius 2 is 1.85 bits per heavy atom. The first-order valence-electron chi connectivity index (χ1n) is 8.82. The highest BCUT2D eigenvalue weighted by molar-refractivity contribution is 7.92. The number of carbonyl (C=O) groups is 1. The quantitative estimate of drug-likeness (QED) is 0.677. The summed E-state index contributed by atoms with van der Waals surface area (Å²) in [5.74, 6) is 0.504. The molecule has 0 radical (unpaired) electrons. The SMILES string of the molecule is COc1cccc(N(CCCC(=O)NCCc2ccccc2)S(C)(=O)=O)c1. The Bertz CT molecular complexity index is 838. The van der Waals surface area contributed by atoms with Crippen LogP contribution in [0.2, 0.25) is 0 Å². The monoisotopic (exact) mass is 390 g/mol. The molecule has 0 fully saturated rings. The van der Waals surface area contributed by atoms with Gasteiger partial charge in [0.05, 0.1) is 19.1 Å². The number of methoxy groups -OCH3 is 1. The van der Waals surface area contributed by atoms with Crippen LogP contribution in [0, 0.1) is 0 Å². The summed E-state index contributed by atoms with van der Waals surface area (Å²) in [4.78, 5) is 12.0. The molecular formula is C20H26N2O4S. The summed E-state index contributed by atoms with van der Waals surface area (Å²) >= 11 is 0. The summed E-state index contributed by atoms with van der Waals surface area (Å²) in [6, 6.07) is 16.8. The highest BCUT2D eigenvalue weighted by atomic mass is 32.2. The van der Waals surface area contributed by atoms with Gasteiger partial charge in [0.15, 0.2) is 0 Å². The molecule has 0 aliphatic carbocycles. The van der Waals surface area contributed by atoms with Gasteiger partial charge < -0.3 is 10.1 Å². The molecule has 0 unspecified atom stereocenters. The molecule has 0 atom stereocenters. The highest BCUT2D eigenvalue weighted by Gasteiger charge is 2.18. The minimum absolute atomic E-state index is 0.0787. The van der Waals surface area contributed by atoms with Crippen LogP contribution >= 0.6 is 0 Å². The molecule has 1 N–H and O–H groups in total. The molecule has 1 amide bonds. The number of anilines is 1. The van der Waals surface area contributed by atoms with E-state index in [9.17, 15) is 13.2 Å². The van der Waals surface area contributed by atoms with Crippen LogP contribution in [0.25, 0.3) is 0 Å². The molecule has 0 spiro atoms. The number of sulfonamides is 1. The molecule has 0 aromatic heterocycles. The number of nitrogens with zero attached hydrogens (tertiary/aromatic N) is 1. The predicted molar refractivity (Wildman–Crippen MR) is 108 cm³/mol. The molecule has 0 aliphatic heterocycles. The molecule has 2 aromatic rings. The molecule has 0 saturated carbocycles. The van der Waals surface area contributed by atoms with E-state index in [4.69, 9.17) is 4.74 Å². The van der Waals surface area contributed by atoms with Crippen LogP contribution in [0.4, 0.5) is 5.69 Å². The van der Waals surface area contributed by atoms with E-state index in [0.29, 0.717) is 24.4 Å². The van der Waals surface area contributed by atoms with Crippen molar-refractivity contribution in [3.05, 3.63) is 60.2 Å². The average Bonchev–Trinajstić information content (AvgIpc) is 2.65. The number of carbonyl (C=O) groups excluding carboxylic acids is 1. The molecule has 27 heavy (non-hydrogen) atoms. The number of amides is 1. The molecule has 2 aromatic carbocycles. The van der Waals surface area contributed by atoms with E-state index in [1.165, 1.54) is 17.0 Å². The third-order valence-corrected chi connectivity index (χ3v) is 5.28. The first-order valence-corrected chi connectivity index (χ1v) is 10.7. The van der Waals surface area contributed by atoms with E-state index >= 15 is 0 Å². The molecular weight excluding hydrogens is 364 g/mol. The van der Waals surface area contributed by atoms with Crippen LogP contribution in [0.15, 0.2) is 54.6 Å². The lowest BCUT2D eigenvalue weighted by Crippen LogP contribution is -2.32. The Balaban J connectivity index is 1.83. The minimum Gasteiger partial charge on any atom is -0.497 e. The van der Waals surface area contributed by atoms with E-state index in [-0.39, 0.29) is 18.9 Å². The Morgan fingerprint density at radius 1 is 1.11 bits per heavy atom. The van der Waals surface area contributed by atoms with E-state index in [2.05, 4.69) is 5.32 Å². The van der Waals surface area contributed by atoms with Gasteiger partial charge in [-0.3, -0.25) is 9.10 Å². The van der Waals surface area contributed by atoms with E-state index in [1.807, 2.05) is 30.3 Å². The van der Waals surface area contributed by atoms with Gasteiger partial charge in [-0.2, -0.15) is 0 Å². The van der Waals surface area contributed by atoms with E-state index in [0.717, 1.165) is 12.7 Å². The summed E-state index contributed by atoms with van der Waals surface area (Å²) in [6.45, 7) is 0.798. The maximum atomic E-state index is 12.1. The van der Waals surface area contributed by atoms with Gasteiger partial charge in [0.25, 0.3) is 0 Å². The molecule has 0 heterocycles. The van der Waals surface area contributed by atoms with Crippen molar-refractivity contribution >= 4 is 21.6 Å². The lowest BCUT2D eigenvalue weighted by atomic mass is 10.1. The zero-order valence-corrected chi connectivity index (χ0v) is 16.5. The lowest BCUT2D eigenvalue weighted by Gasteiger charge is -2.22. The summed E-state index contributed by atoms with van der Waals surface area (Å²) in [5.41, 5.74) is 1.69. The minimum atomic E-state index is -3.45. The van der Waals surface area contributed by atoms with Crippen LogP contribution in [0.3, 0.4) is 0 Å². The zero-order valence-electron chi connectivity index (χ0n) is 15.7. The molecule has 146 valence electrons. The number of rotatable bonds is 10. The van der Waals surface area contributed by atoms with Gasteiger partial charge in [0.1, 0.15) is 5.75 Å². The van der Waals surface area contributed by atoms with Gasteiger partial charge in [-0.15, -0.1) is 0 Å². The molecule has 0 saturated heterocycles. The fourth-order valence-corrected chi connectivity index (χ4v) is 3.67. The number of nitrogens with one attached hydrogen (secondary N) is 1. The van der Waals surface area contributed by atoms with Crippen LogP contribution in [-0.2, 0) is 21.2 Å². The van der Waals surface area contributed by atoms with Crippen molar-refractivity contribution in [1.82, 2.24) is 5.32 Å². The van der Waals surface area contributed by atoms with Gasteiger partial charge in [0.2, 0.25) is 15.9 Å². The summed E-state index contributed by atoms with van der Waals surface area (Å²) in [6.07, 6.45) is 2.63. The maximum Gasteiger partial charge on any atom is 0.232 e. The number of hydrogen-bond acceptors (Lipinski definition) is 4. The third-order valence-electron chi connectivity index (χ3n) is 4.09. The van der Waals surface area contributed by atoms with Crippen molar-refractivity contribution in [3.63, 3.8) is 0 Å². The number of hydrogen-bond donors (Lipinski definition) is 1. The van der Waals surface area contributed by atoms with Gasteiger partial charge in [0, 0.05) is 25.6 Å². The second kappa shape index (κ2) is 9.97. The van der Waals surface area contributed by atoms with Crippen molar-refractivity contribution < 1.29 is 17.9 Å². The topological polar surface area (TPSA) is 75.7 Å². The van der Waals surface area contributed by atoms with Crippen LogP contribution in [0.1, 0.15) is 18.4 Å². The van der Waals surface area contributed by atoms with E-state index in [1.54, 1.807) is 24.3 Å². The van der Waals surface area contributed by atoms with Gasteiger partial charge >= 0.3 is 0 Å². The molecule has 2 rings (SSSR count). The normalized spacial score (nSPS) is 11.0. The molecule has 6 nitrogen and oxygen atoms in total. The van der Waals surface area contributed by atoms with Crippen molar-refractivity contribution in [1.29, 1.82) is 0 Å². The Labute approximate surface area is 161 Å². The van der Waals surface area contributed by atoms with Crippen LogP contribution in [-0.4, -0.2) is 40.8 Å². The Kier molecular flexibility index (Phi) is 7.67. The standard InChI is InChI=1S/C20H26N2O4S/c1-26-19-11-6-10-18(16-19)22(27(2,24)25)15-7-12-20(23)21-14-13-17-8-4-3-5-9-17/h3-6,8-11,16H,7,12-15H2,1-2H3,(H,21,23). The average molecular weight is 391 g/mol. The van der Waals surface area contributed by atoms with Crippen LogP contribution < -0.4 is 14.4 Å². The van der Waals surface area contributed by atoms with E-state index < -0.39 is 10.0 Å². The van der Waals surface area contributed by atoms with Crippen molar-refractivity contribution in [2.24, 2.45) is 0 Å². The molecule has 0 bridgehead atoms. The molecule has 7 heteroatoms. The largest absolute Gasteiger partial charge is 0.497 e. The number of benzene rings is 2. The van der Waals surface area contributed by atoms with Crippen molar-refractivity contribution in [2.45, 2.75) is 19.3 Å². The summed E-state index contributed by atoms with van der Waals surface area (Å²) < 4.78 is 30.7. The molecule has 0 aliphatic rings. The Hall–Kier alpha value is -2.54.